The molecule has 110 valence electrons. The van der Waals surface area contributed by atoms with Crippen molar-refractivity contribution in [1.82, 2.24) is 10.2 Å². The maximum atomic E-state index is 5.51. The zero-order valence-corrected chi connectivity index (χ0v) is 12.7. The maximum Gasteiger partial charge on any atom is 0.0596 e. The highest BCUT2D eigenvalue weighted by molar-refractivity contribution is 4.55. The number of nitrogens with one attached hydrogen (secondary N) is 1. The second-order valence-electron chi connectivity index (χ2n) is 4.94. The van der Waals surface area contributed by atoms with Crippen LogP contribution in [0.3, 0.4) is 0 Å². The van der Waals surface area contributed by atoms with Crippen LogP contribution >= 0.6 is 0 Å². The lowest BCUT2D eigenvalue weighted by molar-refractivity contribution is 0.0639. The average molecular weight is 260 g/mol. The summed E-state index contributed by atoms with van der Waals surface area (Å²) in [7, 11) is 2.13. The third-order valence-corrected chi connectivity index (χ3v) is 2.66. The third kappa shape index (κ3) is 13.9. The van der Waals surface area contributed by atoms with E-state index in [4.69, 9.17) is 9.47 Å². The molecule has 0 radical (unpaired) electrons. The molecule has 0 aliphatic carbocycles. The molecule has 0 unspecified atom stereocenters. The molecular formula is C14H32N2O2. The monoisotopic (exact) mass is 260 g/mol. The van der Waals surface area contributed by atoms with E-state index in [0.29, 0.717) is 6.10 Å². The summed E-state index contributed by atoms with van der Waals surface area (Å²) < 4.78 is 11.0. The number of hydrogen-bond acceptors (Lipinski definition) is 4. The van der Waals surface area contributed by atoms with E-state index in [9.17, 15) is 0 Å². The minimum absolute atomic E-state index is 0.330. The van der Waals surface area contributed by atoms with Crippen LogP contribution < -0.4 is 5.32 Å². The lowest BCUT2D eigenvalue weighted by atomic mass is 10.4. The van der Waals surface area contributed by atoms with Crippen molar-refractivity contribution in [1.29, 1.82) is 0 Å². The van der Waals surface area contributed by atoms with Crippen LogP contribution in [0.2, 0.25) is 0 Å². The Labute approximate surface area is 113 Å². The predicted octanol–water partition coefficient (Wildman–Crippen LogP) is 1.75. The van der Waals surface area contributed by atoms with E-state index in [1.165, 1.54) is 12.8 Å². The number of likely N-dealkylation sites (N-methyl/N-ethyl adjacent to an activating group) is 1. The Hall–Kier alpha value is -0.160. The predicted molar refractivity (Wildman–Crippen MR) is 77.2 cm³/mol. The van der Waals surface area contributed by atoms with Crippen molar-refractivity contribution in [2.24, 2.45) is 0 Å². The lowest BCUT2D eigenvalue weighted by Gasteiger charge is -2.17. The summed E-state index contributed by atoms with van der Waals surface area (Å²) in [5, 5.41) is 3.38. The molecule has 0 aromatic rings. The van der Waals surface area contributed by atoms with Crippen molar-refractivity contribution < 1.29 is 9.47 Å². The van der Waals surface area contributed by atoms with Gasteiger partial charge in [-0.05, 0) is 27.3 Å². The van der Waals surface area contributed by atoms with E-state index in [1.54, 1.807) is 0 Å². The molecule has 4 heteroatoms. The Morgan fingerprint density at radius 3 is 2.50 bits per heavy atom. The molecule has 0 amide bonds. The first-order valence-electron chi connectivity index (χ1n) is 7.25. The van der Waals surface area contributed by atoms with Crippen molar-refractivity contribution in [3.63, 3.8) is 0 Å². The Morgan fingerprint density at radius 2 is 1.83 bits per heavy atom. The second-order valence-corrected chi connectivity index (χ2v) is 4.94. The zero-order valence-electron chi connectivity index (χ0n) is 12.7. The number of nitrogens with zero attached hydrogens (tertiary/aromatic N) is 1. The standard InChI is InChI=1S/C14H32N2O2/c1-5-6-11-17-12-8-15-7-9-16(4)10-13-18-14(2)3/h14-15H,5-13H2,1-4H3. The number of rotatable bonds is 13. The molecule has 0 fully saturated rings. The van der Waals surface area contributed by atoms with Gasteiger partial charge in [0.05, 0.1) is 19.3 Å². The van der Waals surface area contributed by atoms with E-state index in [2.05, 4.69) is 38.0 Å². The van der Waals surface area contributed by atoms with E-state index in [1.807, 2.05) is 0 Å². The molecule has 4 nitrogen and oxygen atoms in total. The van der Waals surface area contributed by atoms with Crippen LogP contribution in [0.25, 0.3) is 0 Å². The van der Waals surface area contributed by atoms with Gasteiger partial charge in [0.2, 0.25) is 0 Å². The minimum Gasteiger partial charge on any atom is -0.380 e. The van der Waals surface area contributed by atoms with Gasteiger partial charge in [-0.1, -0.05) is 13.3 Å². The fraction of sp³-hybridized carbons (Fsp3) is 1.00. The molecule has 0 saturated carbocycles. The van der Waals surface area contributed by atoms with E-state index >= 15 is 0 Å². The van der Waals surface area contributed by atoms with E-state index < -0.39 is 0 Å². The molecule has 1 N–H and O–H groups in total. The maximum absolute atomic E-state index is 5.51. The lowest BCUT2D eigenvalue weighted by Crippen LogP contribution is -2.33. The van der Waals surface area contributed by atoms with Gasteiger partial charge in [0.15, 0.2) is 0 Å². The molecule has 0 aliphatic heterocycles. The highest BCUT2D eigenvalue weighted by Crippen LogP contribution is 1.89. The fourth-order valence-electron chi connectivity index (χ4n) is 1.44. The third-order valence-electron chi connectivity index (χ3n) is 2.66. The van der Waals surface area contributed by atoms with Crippen molar-refractivity contribution in [3.8, 4) is 0 Å². The number of unbranched alkanes of at least 4 members (excludes halogenated alkanes) is 1. The Kier molecular flexibility index (Phi) is 13.2. The largest absolute Gasteiger partial charge is 0.380 e. The molecule has 0 atom stereocenters. The summed E-state index contributed by atoms with van der Waals surface area (Å²) in [6.07, 6.45) is 2.70. The summed E-state index contributed by atoms with van der Waals surface area (Å²) >= 11 is 0. The number of hydrogen-bond donors (Lipinski definition) is 1. The van der Waals surface area contributed by atoms with Crippen molar-refractivity contribution in [2.45, 2.75) is 39.7 Å². The molecule has 0 aromatic heterocycles. The molecule has 0 heterocycles. The topological polar surface area (TPSA) is 33.7 Å². The summed E-state index contributed by atoms with van der Waals surface area (Å²) in [5.41, 5.74) is 0. The molecule has 0 bridgehead atoms. The van der Waals surface area contributed by atoms with Gasteiger partial charge in [-0.15, -0.1) is 0 Å². The normalized spacial score (nSPS) is 11.7. The van der Waals surface area contributed by atoms with Gasteiger partial charge < -0.3 is 19.7 Å². The quantitative estimate of drug-likeness (QED) is 0.512. The summed E-state index contributed by atoms with van der Waals surface area (Å²) in [5.74, 6) is 0. The van der Waals surface area contributed by atoms with Gasteiger partial charge in [-0.2, -0.15) is 0 Å². The zero-order chi connectivity index (χ0) is 13.6. The van der Waals surface area contributed by atoms with Crippen LogP contribution in [0.5, 0.6) is 0 Å². The Morgan fingerprint density at radius 1 is 1.06 bits per heavy atom. The second kappa shape index (κ2) is 13.3. The van der Waals surface area contributed by atoms with Gasteiger partial charge in [0.25, 0.3) is 0 Å². The average Bonchev–Trinajstić information content (AvgIpc) is 2.32. The first-order valence-corrected chi connectivity index (χ1v) is 7.25. The summed E-state index contributed by atoms with van der Waals surface area (Å²) in [6.45, 7) is 12.8. The highest BCUT2D eigenvalue weighted by atomic mass is 16.5. The van der Waals surface area contributed by atoms with Gasteiger partial charge in [-0.25, -0.2) is 0 Å². The van der Waals surface area contributed by atoms with E-state index in [-0.39, 0.29) is 0 Å². The first kappa shape index (κ1) is 17.8. The Balaban J connectivity index is 3.12. The van der Waals surface area contributed by atoms with Crippen LogP contribution in [0.15, 0.2) is 0 Å². The molecule has 0 aromatic carbocycles. The molecule has 0 rings (SSSR count). The van der Waals surface area contributed by atoms with Gasteiger partial charge in [-0.3, -0.25) is 0 Å². The summed E-state index contributed by atoms with van der Waals surface area (Å²) in [6, 6.07) is 0. The van der Waals surface area contributed by atoms with Crippen LogP contribution in [-0.2, 0) is 9.47 Å². The smallest absolute Gasteiger partial charge is 0.0596 e. The molecule has 0 aliphatic rings. The van der Waals surface area contributed by atoms with E-state index in [0.717, 1.165) is 46.0 Å². The van der Waals surface area contributed by atoms with Gasteiger partial charge in [0.1, 0.15) is 0 Å². The van der Waals surface area contributed by atoms with Gasteiger partial charge in [0, 0.05) is 32.8 Å². The van der Waals surface area contributed by atoms with Crippen molar-refractivity contribution in [3.05, 3.63) is 0 Å². The van der Waals surface area contributed by atoms with Gasteiger partial charge >= 0.3 is 0 Å². The van der Waals surface area contributed by atoms with Crippen LogP contribution in [0.1, 0.15) is 33.6 Å². The molecular weight excluding hydrogens is 228 g/mol. The van der Waals surface area contributed by atoms with Crippen molar-refractivity contribution in [2.75, 3.05) is 53.0 Å². The molecule has 18 heavy (non-hydrogen) atoms. The van der Waals surface area contributed by atoms with Crippen molar-refractivity contribution >= 4 is 0 Å². The van der Waals surface area contributed by atoms with Crippen LogP contribution in [0.4, 0.5) is 0 Å². The summed E-state index contributed by atoms with van der Waals surface area (Å²) in [4.78, 5) is 2.29. The van der Waals surface area contributed by atoms with Crippen LogP contribution in [0, 0.1) is 0 Å². The minimum atomic E-state index is 0.330. The molecule has 0 spiro atoms. The first-order chi connectivity index (χ1) is 8.66. The number of ether oxygens (including phenoxy) is 2. The fourth-order valence-corrected chi connectivity index (χ4v) is 1.44. The molecule has 0 saturated heterocycles. The van der Waals surface area contributed by atoms with Crippen LogP contribution in [-0.4, -0.2) is 64.1 Å². The Bertz CT molecular complexity index is 166. The SMILES string of the molecule is CCCCOCCNCCN(C)CCOC(C)C. The highest BCUT2D eigenvalue weighted by Gasteiger charge is 1.99.